The van der Waals surface area contributed by atoms with E-state index in [2.05, 4.69) is 10.6 Å². The van der Waals surface area contributed by atoms with Crippen molar-refractivity contribution in [2.45, 2.75) is 69.6 Å². The lowest BCUT2D eigenvalue weighted by Gasteiger charge is -2.29. The molecule has 3 nitrogen and oxygen atoms in total. The van der Waals surface area contributed by atoms with Gasteiger partial charge in [-0.15, -0.1) is 0 Å². The molecule has 4 unspecified atom stereocenters. The molecule has 18 heavy (non-hydrogen) atoms. The van der Waals surface area contributed by atoms with Crippen LogP contribution in [0.1, 0.15) is 51.4 Å². The van der Waals surface area contributed by atoms with Gasteiger partial charge in [0.05, 0.1) is 6.10 Å². The molecule has 2 saturated heterocycles. The minimum atomic E-state index is 0.483. The van der Waals surface area contributed by atoms with Gasteiger partial charge in [0.2, 0.25) is 0 Å². The minimum absolute atomic E-state index is 0.483. The fraction of sp³-hybridized carbons (Fsp3) is 1.00. The van der Waals surface area contributed by atoms with E-state index in [1.807, 2.05) is 0 Å². The maximum absolute atomic E-state index is 5.82. The summed E-state index contributed by atoms with van der Waals surface area (Å²) in [5.74, 6) is 0.871. The molecular formula is C15H28N2O. The van der Waals surface area contributed by atoms with Gasteiger partial charge in [0.25, 0.3) is 0 Å². The van der Waals surface area contributed by atoms with Crippen molar-refractivity contribution in [2.75, 3.05) is 19.7 Å². The third-order valence-electron chi connectivity index (χ3n) is 5.07. The normalized spacial score (nSPS) is 41.3. The SMILES string of the molecule is C1CCC(CNC2CCCC2C2CCCN2)OC1. The molecule has 0 bridgehead atoms. The summed E-state index contributed by atoms with van der Waals surface area (Å²) in [4.78, 5) is 0. The molecule has 3 rings (SSSR count). The van der Waals surface area contributed by atoms with Crippen molar-refractivity contribution in [3.63, 3.8) is 0 Å². The zero-order valence-electron chi connectivity index (χ0n) is 11.5. The second-order valence-electron chi connectivity index (χ2n) is 6.30. The Hall–Kier alpha value is -0.120. The Morgan fingerprint density at radius 2 is 2.00 bits per heavy atom. The molecule has 4 atom stereocenters. The van der Waals surface area contributed by atoms with Crippen LogP contribution in [0.2, 0.25) is 0 Å². The Morgan fingerprint density at radius 1 is 1.00 bits per heavy atom. The first-order valence-electron chi connectivity index (χ1n) is 8.02. The Kier molecular flexibility index (Phi) is 4.55. The minimum Gasteiger partial charge on any atom is -0.377 e. The van der Waals surface area contributed by atoms with E-state index in [1.165, 1.54) is 57.9 Å². The zero-order chi connectivity index (χ0) is 12.2. The standard InChI is InChI=1S/C15H28N2O/c1-2-10-18-12(5-1)11-17-15-7-3-6-13(15)14-8-4-9-16-14/h12-17H,1-11H2. The lowest BCUT2D eigenvalue weighted by atomic mass is 9.93. The smallest absolute Gasteiger partial charge is 0.0699 e. The van der Waals surface area contributed by atoms with Crippen molar-refractivity contribution in [1.29, 1.82) is 0 Å². The average molecular weight is 252 g/mol. The van der Waals surface area contributed by atoms with Gasteiger partial charge in [0, 0.05) is 25.2 Å². The molecule has 3 heteroatoms. The Balaban J connectivity index is 1.45. The molecule has 3 aliphatic rings. The molecule has 0 amide bonds. The van der Waals surface area contributed by atoms with Gasteiger partial charge in [-0.2, -0.15) is 0 Å². The van der Waals surface area contributed by atoms with Gasteiger partial charge in [-0.25, -0.2) is 0 Å². The molecule has 0 aromatic carbocycles. The number of hydrogen-bond acceptors (Lipinski definition) is 3. The van der Waals surface area contributed by atoms with Gasteiger partial charge < -0.3 is 15.4 Å². The lowest BCUT2D eigenvalue weighted by molar-refractivity contribution is 0.0143. The summed E-state index contributed by atoms with van der Waals surface area (Å²) in [6, 6.07) is 1.53. The van der Waals surface area contributed by atoms with Crippen LogP contribution in [0.25, 0.3) is 0 Å². The predicted molar refractivity (Wildman–Crippen MR) is 73.7 cm³/mol. The van der Waals surface area contributed by atoms with E-state index in [-0.39, 0.29) is 0 Å². The number of hydrogen-bond donors (Lipinski definition) is 2. The van der Waals surface area contributed by atoms with Crippen molar-refractivity contribution in [1.82, 2.24) is 10.6 Å². The van der Waals surface area contributed by atoms with E-state index in [9.17, 15) is 0 Å². The molecular weight excluding hydrogens is 224 g/mol. The monoisotopic (exact) mass is 252 g/mol. The molecule has 104 valence electrons. The molecule has 3 fully saturated rings. The Bertz CT molecular complexity index is 247. The number of ether oxygens (including phenoxy) is 1. The van der Waals surface area contributed by atoms with Crippen LogP contribution in [0, 0.1) is 5.92 Å². The van der Waals surface area contributed by atoms with E-state index in [0.717, 1.165) is 31.2 Å². The first kappa shape index (κ1) is 12.9. The Labute approximate surface area is 111 Å². The molecule has 2 heterocycles. The summed E-state index contributed by atoms with van der Waals surface area (Å²) in [6.07, 6.45) is 11.3. The van der Waals surface area contributed by atoms with E-state index in [0.29, 0.717) is 6.10 Å². The highest BCUT2D eigenvalue weighted by atomic mass is 16.5. The summed E-state index contributed by atoms with van der Waals surface area (Å²) >= 11 is 0. The second kappa shape index (κ2) is 6.36. The maximum atomic E-state index is 5.82. The summed E-state index contributed by atoms with van der Waals surface area (Å²) in [7, 11) is 0. The van der Waals surface area contributed by atoms with Crippen LogP contribution in [0.4, 0.5) is 0 Å². The van der Waals surface area contributed by atoms with Crippen molar-refractivity contribution in [2.24, 2.45) is 5.92 Å². The largest absolute Gasteiger partial charge is 0.377 e. The fourth-order valence-electron chi connectivity index (χ4n) is 4.05. The van der Waals surface area contributed by atoms with Crippen LogP contribution < -0.4 is 10.6 Å². The van der Waals surface area contributed by atoms with Crippen LogP contribution in [0.3, 0.4) is 0 Å². The average Bonchev–Trinajstić information content (AvgIpc) is 3.08. The highest BCUT2D eigenvalue weighted by Crippen LogP contribution is 2.32. The highest BCUT2D eigenvalue weighted by Gasteiger charge is 2.34. The summed E-state index contributed by atoms with van der Waals surface area (Å²) in [5, 5.41) is 7.51. The zero-order valence-corrected chi connectivity index (χ0v) is 11.5. The number of rotatable bonds is 4. The van der Waals surface area contributed by atoms with E-state index < -0.39 is 0 Å². The van der Waals surface area contributed by atoms with Crippen molar-refractivity contribution in [3.8, 4) is 0 Å². The number of nitrogens with one attached hydrogen (secondary N) is 2. The van der Waals surface area contributed by atoms with Gasteiger partial charge in [-0.3, -0.25) is 0 Å². The molecule has 0 aromatic rings. The van der Waals surface area contributed by atoms with Gasteiger partial charge in [0.1, 0.15) is 0 Å². The molecule has 0 radical (unpaired) electrons. The predicted octanol–water partition coefficient (Wildman–Crippen LogP) is 2.07. The van der Waals surface area contributed by atoms with Gasteiger partial charge >= 0.3 is 0 Å². The van der Waals surface area contributed by atoms with Crippen molar-refractivity contribution < 1.29 is 4.74 Å². The van der Waals surface area contributed by atoms with E-state index in [4.69, 9.17) is 4.74 Å². The first-order chi connectivity index (χ1) is 8.93. The van der Waals surface area contributed by atoms with Crippen molar-refractivity contribution >= 4 is 0 Å². The van der Waals surface area contributed by atoms with Crippen LogP contribution >= 0.6 is 0 Å². The van der Waals surface area contributed by atoms with Crippen molar-refractivity contribution in [3.05, 3.63) is 0 Å². The third-order valence-corrected chi connectivity index (χ3v) is 5.07. The summed E-state index contributed by atoms with van der Waals surface area (Å²) in [5.41, 5.74) is 0. The Morgan fingerprint density at radius 3 is 2.78 bits per heavy atom. The molecule has 2 N–H and O–H groups in total. The molecule has 0 spiro atoms. The van der Waals surface area contributed by atoms with Gasteiger partial charge in [-0.1, -0.05) is 6.42 Å². The fourth-order valence-corrected chi connectivity index (χ4v) is 4.05. The van der Waals surface area contributed by atoms with Crippen LogP contribution in [-0.2, 0) is 4.74 Å². The molecule has 0 aromatic heterocycles. The van der Waals surface area contributed by atoms with Crippen LogP contribution in [-0.4, -0.2) is 37.9 Å². The molecule has 2 aliphatic heterocycles. The van der Waals surface area contributed by atoms with Crippen LogP contribution in [0.5, 0.6) is 0 Å². The summed E-state index contributed by atoms with van der Waals surface area (Å²) in [6.45, 7) is 3.29. The second-order valence-corrected chi connectivity index (χ2v) is 6.30. The van der Waals surface area contributed by atoms with Gasteiger partial charge in [0.15, 0.2) is 0 Å². The lowest BCUT2D eigenvalue weighted by Crippen LogP contribution is -2.45. The van der Waals surface area contributed by atoms with E-state index >= 15 is 0 Å². The summed E-state index contributed by atoms with van der Waals surface area (Å²) < 4.78 is 5.82. The maximum Gasteiger partial charge on any atom is 0.0699 e. The van der Waals surface area contributed by atoms with Gasteiger partial charge in [-0.05, 0) is 57.4 Å². The molecule has 1 aliphatic carbocycles. The topological polar surface area (TPSA) is 33.3 Å². The van der Waals surface area contributed by atoms with E-state index in [1.54, 1.807) is 0 Å². The molecule has 1 saturated carbocycles. The quantitative estimate of drug-likeness (QED) is 0.803. The highest BCUT2D eigenvalue weighted by molar-refractivity contribution is 4.93. The van der Waals surface area contributed by atoms with Crippen LogP contribution in [0.15, 0.2) is 0 Å². The first-order valence-corrected chi connectivity index (χ1v) is 8.02. The third kappa shape index (κ3) is 3.06.